The summed E-state index contributed by atoms with van der Waals surface area (Å²) < 4.78 is 5.29. The Labute approximate surface area is 107 Å². The number of aromatic amines is 1. The Balaban J connectivity index is 1.86. The van der Waals surface area contributed by atoms with Crippen LogP contribution in [0.5, 0.6) is 5.75 Å². The number of hydrogen-bond donors (Lipinski definition) is 3. The molecule has 1 atom stereocenters. The molecule has 4 heteroatoms. The third-order valence-electron chi connectivity index (χ3n) is 3.57. The molecule has 1 aliphatic heterocycles. The van der Waals surface area contributed by atoms with Crippen molar-refractivity contribution < 1.29 is 4.74 Å². The average molecular weight is 245 g/mol. The van der Waals surface area contributed by atoms with Gasteiger partial charge in [0.2, 0.25) is 0 Å². The van der Waals surface area contributed by atoms with Crippen molar-refractivity contribution in [2.24, 2.45) is 0 Å². The van der Waals surface area contributed by atoms with Crippen LogP contribution in [0.15, 0.2) is 24.4 Å². The van der Waals surface area contributed by atoms with Crippen molar-refractivity contribution >= 4 is 10.9 Å². The van der Waals surface area contributed by atoms with Crippen LogP contribution in [-0.2, 0) is 6.42 Å². The summed E-state index contributed by atoms with van der Waals surface area (Å²) in [4.78, 5) is 3.33. The highest BCUT2D eigenvalue weighted by Gasteiger charge is 2.14. The third-order valence-corrected chi connectivity index (χ3v) is 3.57. The first-order valence-electron chi connectivity index (χ1n) is 6.45. The van der Waals surface area contributed by atoms with E-state index in [4.69, 9.17) is 4.74 Å². The summed E-state index contributed by atoms with van der Waals surface area (Å²) in [5, 5.41) is 8.23. The second-order valence-corrected chi connectivity index (χ2v) is 4.78. The van der Waals surface area contributed by atoms with Crippen molar-refractivity contribution in [2.75, 3.05) is 26.7 Å². The number of rotatable bonds is 3. The van der Waals surface area contributed by atoms with E-state index >= 15 is 0 Å². The van der Waals surface area contributed by atoms with Crippen LogP contribution in [0.3, 0.4) is 0 Å². The zero-order valence-electron chi connectivity index (χ0n) is 10.6. The van der Waals surface area contributed by atoms with Crippen molar-refractivity contribution in [3.8, 4) is 5.75 Å². The molecule has 0 saturated carbocycles. The van der Waals surface area contributed by atoms with Gasteiger partial charge >= 0.3 is 0 Å². The van der Waals surface area contributed by atoms with Crippen LogP contribution in [0.1, 0.15) is 5.56 Å². The Hall–Kier alpha value is -1.52. The fourth-order valence-corrected chi connectivity index (χ4v) is 2.58. The van der Waals surface area contributed by atoms with Gasteiger partial charge in [-0.25, -0.2) is 0 Å². The number of fused-ring (bicyclic) bond motifs is 1. The molecule has 2 aromatic rings. The van der Waals surface area contributed by atoms with E-state index in [0.29, 0.717) is 6.04 Å². The number of H-pyrrole nitrogens is 1. The molecule has 1 aliphatic rings. The summed E-state index contributed by atoms with van der Waals surface area (Å²) in [6, 6.07) is 6.69. The second kappa shape index (κ2) is 5.00. The SMILES string of the molecule is COc1ccc2[nH]cc(CC3CNCCN3)c2c1. The molecule has 0 bridgehead atoms. The number of piperazine rings is 1. The molecule has 0 spiro atoms. The number of nitrogens with one attached hydrogen (secondary N) is 3. The number of ether oxygens (including phenoxy) is 1. The van der Waals surface area contributed by atoms with Gasteiger partial charge in [-0.2, -0.15) is 0 Å². The lowest BCUT2D eigenvalue weighted by Crippen LogP contribution is -2.49. The molecule has 1 aromatic carbocycles. The Morgan fingerprint density at radius 1 is 1.33 bits per heavy atom. The van der Waals surface area contributed by atoms with Crippen molar-refractivity contribution in [3.05, 3.63) is 30.0 Å². The fourth-order valence-electron chi connectivity index (χ4n) is 2.58. The van der Waals surface area contributed by atoms with Gasteiger partial charge in [0.25, 0.3) is 0 Å². The second-order valence-electron chi connectivity index (χ2n) is 4.78. The first-order valence-corrected chi connectivity index (χ1v) is 6.45. The summed E-state index contributed by atoms with van der Waals surface area (Å²) >= 11 is 0. The molecular formula is C14H19N3O. The topological polar surface area (TPSA) is 49.1 Å². The molecular weight excluding hydrogens is 226 g/mol. The van der Waals surface area contributed by atoms with Gasteiger partial charge < -0.3 is 20.4 Å². The molecule has 1 unspecified atom stereocenters. The van der Waals surface area contributed by atoms with Gasteiger partial charge in [0.05, 0.1) is 7.11 Å². The van der Waals surface area contributed by atoms with Crippen LogP contribution in [-0.4, -0.2) is 37.8 Å². The maximum Gasteiger partial charge on any atom is 0.119 e. The molecule has 0 radical (unpaired) electrons. The largest absolute Gasteiger partial charge is 0.497 e. The smallest absolute Gasteiger partial charge is 0.119 e. The van der Waals surface area contributed by atoms with Crippen LogP contribution in [0.2, 0.25) is 0 Å². The van der Waals surface area contributed by atoms with Crippen LogP contribution in [0, 0.1) is 0 Å². The van der Waals surface area contributed by atoms with E-state index in [1.54, 1.807) is 7.11 Å². The maximum absolute atomic E-state index is 5.29. The normalized spacial score (nSPS) is 20.2. The van der Waals surface area contributed by atoms with E-state index < -0.39 is 0 Å². The lowest BCUT2D eigenvalue weighted by Gasteiger charge is -2.24. The molecule has 96 valence electrons. The van der Waals surface area contributed by atoms with Gasteiger partial charge in [0.1, 0.15) is 5.75 Å². The molecule has 1 fully saturated rings. The summed E-state index contributed by atoms with van der Waals surface area (Å²) in [6.45, 7) is 3.16. The summed E-state index contributed by atoms with van der Waals surface area (Å²) in [5.41, 5.74) is 2.53. The molecule has 3 N–H and O–H groups in total. The minimum atomic E-state index is 0.518. The molecule has 0 aliphatic carbocycles. The van der Waals surface area contributed by atoms with E-state index in [2.05, 4.69) is 33.9 Å². The Morgan fingerprint density at radius 2 is 2.28 bits per heavy atom. The zero-order valence-corrected chi connectivity index (χ0v) is 10.6. The minimum Gasteiger partial charge on any atom is -0.497 e. The van der Waals surface area contributed by atoms with Crippen molar-refractivity contribution in [2.45, 2.75) is 12.5 Å². The van der Waals surface area contributed by atoms with Crippen molar-refractivity contribution in [3.63, 3.8) is 0 Å². The van der Waals surface area contributed by atoms with Crippen molar-refractivity contribution in [1.82, 2.24) is 15.6 Å². The fraction of sp³-hybridized carbons (Fsp3) is 0.429. The van der Waals surface area contributed by atoms with E-state index in [0.717, 1.165) is 31.8 Å². The summed E-state index contributed by atoms with van der Waals surface area (Å²) in [7, 11) is 1.71. The Kier molecular flexibility index (Phi) is 3.21. The highest BCUT2D eigenvalue weighted by molar-refractivity contribution is 5.84. The molecule has 1 saturated heterocycles. The molecule has 18 heavy (non-hydrogen) atoms. The molecule has 2 heterocycles. The van der Waals surface area contributed by atoms with Crippen LogP contribution in [0.25, 0.3) is 10.9 Å². The molecule has 3 rings (SSSR count). The van der Waals surface area contributed by atoms with E-state index in [-0.39, 0.29) is 0 Å². The number of aromatic nitrogens is 1. The first-order chi connectivity index (χ1) is 8.86. The molecule has 1 aromatic heterocycles. The first kappa shape index (κ1) is 11.6. The number of hydrogen-bond acceptors (Lipinski definition) is 3. The summed E-state index contributed by atoms with van der Waals surface area (Å²) in [6.07, 6.45) is 3.15. The Bertz CT molecular complexity index is 529. The summed E-state index contributed by atoms with van der Waals surface area (Å²) in [5.74, 6) is 0.915. The van der Waals surface area contributed by atoms with E-state index in [9.17, 15) is 0 Å². The maximum atomic E-state index is 5.29. The highest BCUT2D eigenvalue weighted by Crippen LogP contribution is 2.24. The molecule has 0 amide bonds. The predicted molar refractivity (Wildman–Crippen MR) is 73.2 cm³/mol. The third kappa shape index (κ3) is 2.21. The molecule has 4 nitrogen and oxygen atoms in total. The van der Waals surface area contributed by atoms with Crippen LogP contribution >= 0.6 is 0 Å². The van der Waals surface area contributed by atoms with Gasteiger partial charge in [-0.15, -0.1) is 0 Å². The van der Waals surface area contributed by atoms with E-state index in [1.165, 1.54) is 16.5 Å². The number of methoxy groups -OCH3 is 1. The standard InChI is InChI=1S/C14H19N3O/c1-18-12-2-3-14-13(7-12)10(8-17-14)6-11-9-15-4-5-16-11/h2-3,7-8,11,15-17H,4-6,9H2,1H3. The van der Waals surface area contributed by atoms with Gasteiger partial charge in [-0.05, 0) is 30.2 Å². The van der Waals surface area contributed by atoms with E-state index in [1.807, 2.05) is 6.07 Å². The van der Waals surface area contributed by atoms with Gasteiger partial charge in [0, 0.05) is 42.8 Å². The van der Waals surface area contributed by atoms with Gasteiger partial charge in [-0.1, -0.05) is 0 Å². The van der Waals surface area contributed by atoms with Crippen molar-refractivity contribution in [1.29, 1.82) is 0 Å². The van der Waals surface area contributed by atoms with Crippen LogP contribution in [0.4, 0.5) is 0 Å². The monoisotopic (exact) mass is 245 g/mol. The average Bonchev–Trinajstić information content (AvgIpc) is 2.82. The lowest BCUT2D eigenvalue weighted by atomic mass is 10.0. The quantitative estimate of drug-likeness (QED) is 0.763. The minimum absolute atomic E-state index is 0.518. The van der Waals surface area contributed by atoms with Crippen LogP contribution < -0.4 is 15.4 Å². The highest BCUT2D eigenvalue weighted by atomic mass is 16.5. The zero-order chi connectivity index (χ0) is 12.4. The predicted octanol–water partition coefficient (Wildman–Crippen LogP) is 1.28. The lowest BCUT2D eigenvalue weighted by molar-refractivity contribution is 0.414. The Morgan fingerprint density at radius 3 is 3.06 bits per heavy atom. The van der Waals surface area contributed by atoms with Gasteiger partial charge in [0.15, 0.2) is 0 Å². The van der Waals surface area contributed by atoms with Gasteiger partial charge in [-0.3, -0.25) is 0 Å². The number of benzene rings is 1.